The van der Waals surface area contributed by atoms with Gasteiger partial charge in [0.15, 0.2) is 5.78 Å². The fourth-order valence-corrected chi connectivity index (χ4v) is 1.93. The van der Waals surface area contributed by atoms with Crippen LogP contribution >= 0.6 is 0 Å². The normalized spacial score (nSPS) is 10.4. The Kier molecular flexibility index (Phi) is 3.56. The fourth-order valence-electron chi connectivity index (χ4n) is 1.93. The van der Waals surface area contributed by atoms with E-state index in [0.717, 1.165) is 17.5 Å². The molecule has 0 saturated carbocycles. The molecule has 0 amide bonds. The lowest BCUT2D eigenvalue weighted by atomic mass is 9.97. The highest BCUT2D eigenvalue weighted by Crippen LogP contribution is 2.16. The van der Waals surface area contributed by atoms with Crippen LogP contribution in [-0.2, 0) is 6.42 Å². The van der Waals surface area contributed by atoms with Crippen molar-refractivity contribution in [1.82, 2.24) is 0 Å². The monoisotopic (exact) mass is 242 g/mol. The first kappa shape index (κ1) is 12.5. The Bertz CT molecular complexity index is 587. The van der Waals surface area contributed by atoms with Crippen LogP contribution in [0.25, 0.3) is 0 Å². The van der Waals surface area contributed by atoms with Crippen molar-refractivity contribution >= 4 is 5.78 Å². The van der Waals surface area contributed by atoms with E-state index in [-0.39, 0.29) is 11.6 Å². The molecule has 0 N–H and O–H groups in total. The van der Waals surface area contributed by atoms with Gasteiger partial charge in [-0.05, 0) is 42.7 Å². The highest BCUT2D eigenvalue weighted by Gasteiger charge is 2.12. The van der Waals surface area contributed by atoms with Gasteiger partial charge < -0.3 is 0 Å². The van der Waals surface area contributed by atoms with E-state index >= 15 is 0 Å². The fraction of sp³-hybridized carbons (Fsp3) is 0.188. The van der Waals surface area contributed by atoms with E-state index in [4.69, 9.17) is 0 Å². The van der Waals surface area contributed by atoms with Crippen LogP contribution < -0.4 is 0 Å². The van der Waals surface area contributed by atoms with Gasteiger partial charge in [-0.2, -0.15) is 0 Å². The molecule has 2 rings (SSSR count). The van der Waals surface area contributed by atoms with Crippen LogP contribution in [0.15, 0.2) is 42.5 Å². The summed E-state index contributed by atoms with van der Waals surface area (Å²) in [6.45, 7) is 3.85. The van der Waals surface area contributed by atoms with Crippen molar-refractivity contribution in [1.29, 1.82) is 0 Å². The molecule has 18 heavy (non-hydrogen) atoms. The smallest absolute Gasteiger partial charge is 0.193 e. The molecular formula is C16H15FO. The van der Waals surface area contributed by atoms with Gasteiger partial charge >= 0.3 is 0 Å². The summed E-state index contributed by atoms with van der Waals surface area (Å²) in [5.41, 5.74) is 2.95. The second-order valence-corrected chi connectivity index (χ2v) is 4.34. The number of halogens is 1. The molecule has 0 heterocycles. The lowest BCUT2D eigenvalue weighted by Crippen LogP contribution is -2.04. The second kappa shape index (κ2) is 5.13. The molecule has 0 atom stereocenters. The number of carbonyl (C=O) groups excluding carboxylic acids is 1. The maximum Gasteiger partial charge on any atom is 0.193 e. The van der Waals surface area contributed by atoms with Gasteiger partial charge in [0, 0.05) is 11.1 Å². The van der Waals surface area contributed by atoms with E-state index in [1.807, 2.05) is 32.0 Å². The summed E-state index contributed by atoms with van der Waals surface area (Å²) in [5.74, 6) is -0.502. The van der Waals surface area contributed by atoms with Crippen LogP contribution in [0.3, 0.4) is 0 Å². The van der Waals surface area contributed by atoms with Crippen LogP contribution in [0.4, 0.5) is 4.39 Å². The van der Waals surface area contributed by atoms with Crippen molar-refractivity contribution in [3.63, 3.8) is 0 Å². The average molecular weight is 242 g/mol. The number of carbonyl (C=O) groups is 1. The second-order valence-electron chi connectivity index (χ2n) is 4.34. The number of benzene rings is 2. The van der Waals surface area contributed by atoms with Crippen LogP contribution in [0.5, 0.6) is 0 Å². The molecule has 0 aliphatic rings. The molecule has 92 valence electrons. The van der Waals surface area contributed by atoms with Gasteiger partial charge in [-0.25, -0.2) is 4.39 Å². The van der Waals surface area contributed by atoms with Gasteiger partial charge in [0.05, 0.1) is 0 Å². The SMILES string of the molecule is CCc1cccc(C(=O)c2cc(F)ccc2C)c1. The molecule has 0 saturated heterocycles. The van der Waals surface area contributed by atoms with E-state index in [0.29, 0.717) is 11.1 Å². The van der Waals surface area contributed by atoms with Gasteiger partial charge in [-0.3, -0.25) is 4.79 Å². The van der Waals surface area contributed by atoms with Gasteiger partial charge in [-0.1, -0.05) is 31.2 Å². The summed E-state index contributed by atoms with van der Waals surface area (Å²) < 4.78 is 13.2. The van der Waals surface area contributed by atoms with E-state index < -0.39 is 0 Å². The van der Waals surface area contributed by atoms with E-state index in [1.165, 1.54) is 12.1 Å². The molecule has 1 nitrogen and oxygen atoms in total. The van der Waals surface area contributed by atoms with Crippen molar-refractivity contribution in [2.75, 3.05) is 0 Å². The molecule has 0 bridgehead atoms. The van der Waals surface area contributed by atoms with Crippen LogP contribution in [0, 0.1) is 12.7 Å². The van der Waals surface area contributed by atoms with Crippen molar-refractivity contribution in [2.45, 2.75) is 20.3 Å². The summed E-state index contributed by atoms with van der Waals surface area (Å²) in [6.07, 6.45) is 0.878. The Morgan fingerprint density at radius 3 is 2.67 bits per heavy atom. The maximum absolute atomic E-state index is 13.2. The lowest BCUT2D eigenvalue weighted by molar-refractivity contribution is 0.103. The third kappa shape index (κ3) is 2.48. The Morgan fingerprint density at radius 1 is 1.17 bits per heavy atom. The van der Waals surface area contributed by atoms with Crippen molar-refractivity contribution in [2.24, 2.45) is 0 Å². The zero-order chi connectivity index (χ0) is 13.1. The predicted octanol–water partition coefficient (Wildman–Crippen LogP) is 3.93. The quantitative estimate of drug-likeness (QED) is 0.745. The van der Waals surface area contributed by atoms with Crippen molar-refractivity contribution < 1.29 is 9.18 Å². The lowest BCUT2D eigenvalue weighted by Gasteiger charge is -2.06. The molecule has 0 fully saturated rings. The molecule has 0 aliphatic carbocycles. The van der Waals surface area contributed by atoms with Crippen molar-refractivity contribution in [3.8, 4) is 0 Å². The summed E-state index contributed by atoms with van der Waals surface area (Å²) in [5, 5.41) is 0. The highest BCUT2D eigenvalue weighted by atomic mass is 19.1. The number of hydrogen-bond acceptors (Lipinski definition) is 1. The van der Waals surface area contributed by atoms with Gasteiger partial charge in [-0.15, -0.1) is 0 Å². The summed E-state index contributed by atoms with van der Waals surface area (Å²) in [6, 6.07) is 11.8. The van der Waals surface area contributed by atoms with E-state index in [1.54, 1.807) is 12.1 Å². The standard InChI is InChI=1S/C16H15FO/c1-3-12-5-4-6-13(9-12)16(18)15-10-14(17)8-7-11(15)2/h4-10H,3H2,1-2H3. The van der Waals surface area contributed by atoms with Crippen LogP contribution in [0.1, 0.15) is 34.0 Å². The minimum atomic E-state index is -0.379. The maximum atomic E-state index is 13.2. The predicted molar refractivity (Wildman–Crippen MR) is 70.4 cm³/mol. The zero-order valence-electron chi connectivity index (χ0n) is 10.5. The van der Waals surface area contributed by atoms with Crippen molar-refractivity contribution in [3.05, 3.63) is 70.5 Å². The largest absolute Gasteiger partial charge is 0.289 e. The third-order valence-electron chi connectivity index (χ3n) is 3.04. The molecule has 2 aromatic carbocycles. The first-order valence-electron chi connectivity index (χ1n) is 6.01. The molecule has 0 spiro atoms. The van der Waals surface area contributed by atoms with Crippen LogP contribution in [0.2, 0.25) is 0 Å². The van der Waals surface area contributed by atoms with Gasteiger partial charge in [0.25, 0.3) is 0 Å². The number of aryl methyl sites for hydroxylation is 2. The van der Waals surface area contributed by atoms with Gasteiger partial charge in [0.1, 0.15) is 5.82 Å². The summed E-state index contributed by atoms with van der Waals surface area (Å²) in [7, 11) is 0. The molecule has 2 heteroatoms. The van der Waals surface area contributed by atoms with Gasteiger partial charge in [0.2, 0.25) is 0 Å². The highest BCUT2D eigenvalue weighted by molar-refractivity contribution is 6.09. The summed E-state index contributed by atoms with van der Waals surface area (Å²) in [4.78, 5) is 12.3. The topological polar surface area (TPSA) is 17.1 Å². The Morgan fingerprint density at radius 2 is 1.94 bits per heavy atom. The minimum Gasteiger partial charge on any atom is -0.289 e. The van der Waals surface area contributed by atoms with Crippen LogP contribution in [-0.4, -0.2) is 5.78 Å². The Balaban J connectivity index is 2.44. The molecule has 0 unspecified atom stereocenters. The first-order valence-corrected chi connectivity index (χ1v) is 6.01. The molecule has 0 aromatic heterocycles. The number of ketones is 1. The molecule has 2 aromatic rings. The van der Waals surface area contributed by atoms with E-state index in [2.05, 4.69) is 0 Å². The zero-order valence-corrected chi connectivity index (χ0v) is 10.5. The van der Waals surface area contributed by atoms with E-state index in [9.17, 15) is 9.18 Å². The first-order chi connectivity index (χ1) is 8.61. The molecule has 0 aliphatic heterocycles. The molecular weight excluding hydrogens is 227 g/mol. The molecule has 0 radical (unpaired) electrons. The Hall–Kier alpha value is -1.96. The number of rotatable bonds is 3. The minimum absolute atomic E-state index is 0.123. The summed E-state index contributed by atoms with van der Waals surface area (Å²) >= 11 is 0. The average Bonchev–Trinajstić information content (AvgIpc) is 2.41. The Labute approximate surface area is 106 Å². The third-order valence-corrected chi connectivity index (χ3v) is 3.04. The number of hydrogen-bond donors (Lipinski definition) is 0.